The van der Waals surface area contributed by atoms with Crippen molar-refractivity contribution in [3.63, 3.8) is 0 Å². The quantitative estimate of drug-likeness (QED) is 0.826. The Morgan fingerprint density at radius 2 is 1.83 bits per heavy atom. The largest absolute Gasteiger partial charge is 0.459 e. The van der Waals surface area contributed by atoms with Gasteiger partial charge >= 0.3 is 0 Å². The van der Waals surface area contributed by atoms with Gasteiger partial charge in [-0.05, 0) is 26.8 Å². The topological polar surface area (TPSA) is 96.9 Å². The number of hydrogen-bond acceptors (Lipinski definition) is 6. The Kier molecular flexibility index (Phi) is 4.22. The summed E-state index contributed by atoms with van der Waals surface area (Å²) in [6.07, 6.45) is 1.47. The predicted molar refractivity (Wildman–Crippen MR) is 84.1 cm³/mol. The summed E-state index contributed by atoms with van der Waals surface area (Å²) in [6, 6.07) is 1.73. The average Bonchev–Trinajstić information content (AvgIpc) is 3.12. The highest BCUT2D eigenvalue weighted by Gasteiger charge is 2.34. The molecule has 0 unspecified atom stereocenters. The van der Waals surface area contributed by atoms with Gasteiger partial charge in [-0.3, -0.25) is 4.79 Å². The van der Waals surface area contributed by atoms with Crippen molar-refractivity contribution in [1.82, 2.24) is 14.4 Å². The highest BCUT2D eigenvalue weighted by atomic mass is 32.2. The Morgan fingerprint density at radius 1 is 1.17 bits per heavy atom. The van der Waals surface area contributed by atoms with E-state index in [9.17, 15) is 13.2 Å². The zero-order valence-electron chi connectivity index (χ0n) is 13.8. The minimum atomic E-state index is -3.68. The molecular formula is C15H19N3O5S. The van der Waals surface area contributed by atoms with Crippen LogP contribution in [0.4, 0.5) is 0 Å². The van der Waals surface area contributed by atoms with Crippen LogP contribution in [-0.4, -0.2) is 54.9 Å². The Hall–Kier alpha value is -2.13. The Morgan fingerprint density at radius 3 is 2.33 bits per heavy atom. The van der Waals surface area contributed by atoms with Gasteiger partial charge in [-0.1, -0.05) is 5.16 Å². The number of aryl methyl sites for hydroxylation is 3. The van der Waals surface area contributed by atoms with Crippen LogP contribution in [-0.2, 0) is 10.0 Å². The molecule has 1 amide bonds. The van der Waals surface area contributed by atoms with Crippen LogP contribution in [0, 0.1) is 20.8 Å². The highest BCUT2D eigenvalue weighted by Crippen LogP contribution is 2.24. The van der Waals surface area contributed by atoms with Crippen LogP contribution in [0.5, 0.6) is 0 Å². The molecule has 0 spiro atoms. The van der Waals surface area contributed by atoms with Gasteiger partial charge in [-0.25, -0.2) is 8.42 Å². The van der Waals surface area contributed by atoms with E-state index in [0.717, 1.165) is 5.56 Å². The Labute approximate surface area is 140 Å². The number of rotatable bonds is 3. The summed E-state index contributed by atoms with van der Waals surface area (Å²) >= 11 is 0. The molecule has 0 bridgehead atoms. The van der Waals surface area contributed by atoms with Crippen molar-refractivity contribution in [3.8, 4) is 0 Å². The molecule has 1 aliphatic rings. The fourth-order valence-corrected chi connectivity index (χ4v) is 4.55. The van der Waals surface area contributed by atoms with E-state index in [-0.39, 0.29) is 29.7 Å². The lowest BCUT2D eigenvalue weighted by molar-refractivity contribution is 0.0665. The fraction of sp³-hybridized carbons (Fsp3) is 0.467. The second-order valence-corrected chi connectivity index (χ2v) is 7.66. The van der Waals surface area contributed by atoms with Crippen molar-refractivity contribution in [2.45, 2.75) is 25.7 Å². The number of sulfonamides is 1. The van der Waals surface area contributed by atoms with Crippen molar-refractivity contribution in [2.24, 2.45) is 0 Å². The average molecular weight is 353 g/mol. The van der Waals surface area contributed by atoms with Crippen molar-refractivity contribution in [2.75, 3.05) is 26.2 Å². The van der Waals surface area contributed by atoms with Gasteiger partial charge in [0, 0.05) is 31.7 Å². The van der Waals surface area contributed by atoms with E-state index in [2.05, 4.69) is 5.16 Å². The maximum absolute atomic E-state index is 12.8. The number of carbonyl (C=O) groups is 1. The molecule has 130 valence electrons. The molecule has 0 aliphatic carbocycles. The molecule has 8 nitrogen and oxygen atoms in total. The monoisotopic (exact) mass is 353 g/mol. The predicted octanol–water partition coefficient (Wildman–Crippen LogP) is 1.34. The molecule has 1 saturated heterocycles. The lowest BCUT2D eigenvalue weighted by Gasteiger charge is -2.33. The minimum absolute atomic E-state index is 0.115. The molecule has 0 saturated carbocycles. The Bertz CT molecular complexity index is 840. The summed E-state index contributed by atoms with van der Waals surface area (Å²) in [7, 11) is -3.68. The number of nitrogens with zero attached hydrogens (tertiary/aromatic N) is 3. The van der Waals surface area contributed by atoms with Crippen LogP contribution >= 0.6 is 0 Å². The molecule has 0 atom stereocenters. The van der Waals surface area contributed by atoms with E-state index in [1.807, 2.05) is 0 Å². The lowest BCUT2D eigenvalue weighted by Crippen LogP contribution is -2.50. The molecule has 3 heterocycles. The number of amides is 1. The normalized spacial score (nSPS) is 16.5. The summed E-state index contributed by atoms with van der Waals surface area (Å²) in [5.74, 6) is 0.362. The van der Waals surface area contributed by atoms with Crippen LogP contribution in [0.3, 0.4) is 0 Å². The molecule has 9 heteroatoms. The smallest absolute Gasteiger partial charge is 0.289 e. The molecule has 2 aromatic heterocycles. The molecule has 1 aliphatic heterocycles. The van der Waals surface area contributed by atoms with Gasteiger partial charge in [0.25, 0.3) is 5.91 Å². The third kappa shape index (κ3) is 2.73. The first-order valence-electron chi connectivity index (χ1n) is 7.58. The maximum atomic E-state index is 12.8. The van der Waals surface area contributed by atoms with Gasteiger partial charge < -0.3 is 13.8 Å². The zero-order chi connectivity index (χ0) is 17.5. The van der Waals surface area contributed by atoms with Crippen molar-refractivity contribution < 1.29 is 22.2 Å². The third-order valence-electron chi connectivity index (χ3n) is 4.15. The summed E-state index contributed by atoms with van der Waals surface area (Å²) in [4.78, 5) is 14.1. The number of carbonyl (C=O) groups excluding carboxylic acids is 1. The van der Waals surface area contributed by atoms with Crippen LogP contribution in [0.25, 0.3) is 0 Å². The van der Waals surface area contributed by atoms with Crippen LogP contribution in [0.15, 0.2) is 26.2 Å². The number of furan rings is 1. The molecule has 1 fully saturated rings. The van der Waals surface area contributed by atoms with E-state index >= 15 is 0 Å². The van der Waals surface area contributed by atoms with E-state index in [4.69, 9.17) is 8.94 Å². The number of hydrogen-bond donors (Lipinski definition) is 0. The van der Waals surface area contributed by atoms with Crippen molar-refractivity contribution in [1.29, 1.82) is 0 Å². The zero-order valence-corrected chi connectivity index (χ0v) is 14.6. The maximum Gasteiger partial charge on any atom is 0.289 e. The van der Waals surface area contributed by atoms with E-state index in [1.165, 1.54) is 10.6 Å². The third-order valence-corrected chi connectivity index (χ3v) is 6.29. The molecule has 2 aromatic rings. The van der Waals surface area contributed by atoms with Crippen molar-refractivity contribution in [3.05, 3.63) is 35.1 Å². The highest BCUT2D eigenvalue weighted by molar-refractivity contribution is 7.89. The van der Waals surface area contributed by atoms with Gasteiger partial charge in [-0.2, -0.15) is 4.31 Å². The minimum Gasteiger partial charge on any atom is -0.459 e. The SMILES string of the molecule is Cc1ccoc1C(=O)N1CCN(S(=O)(=O)c2c(C)noc2C)CC1. The molecule has 0 radical (unpaired) electrons. The second-order valence-electron chi connectivity index (χ2n) is 5.78. The van der Waals surface area contributed by atoms with Crippen molar-refractivity contribution >= 4 is 15.9 Å². The van der Waals surface area contributed by atoms with Gasteiger partial charge in [0.1, 0.15) is 10.6 Å². The van der Waals surface area contributed by atoms with Crippen LogP contribution in [0.2, 0.25) is 0 Å². The fourth-order valence-electron chi connectivity index (χ4n) is 2.84. The summed E-state index contributed by atoms with van der Waals surface area (Å²) in [5, 5.41) is 3.71. The second kappa shape index (κ2) is 6.06. The van der Waals surface area contributed by atoms with Gasteiger partial charge in [-0.15, -0.1) is 0 Å². The Balaban J connectivity index is 1.73. The van der Waals surface area contributed by atoms with Crippen LogP contribution in [0.1, 0.15) is 27.6 Å². The van der Waals surface area contributed by atoms with E-state index in [0.29, 0.717) is 24.5 Å². The molecule has 3 rings (SSSR count). The van der Waals surface area contributed by atoms with E-state index in [1.54, 1.807) is 31.7 Å². The molecule has 0 aromatic carbocycles. The first-order chi connectivity index (χ1) is 11.3. The lowest BCUT2D eigenvalue weighted by atomic mass is 10.2. The summed E-state index contributed by atoms with van der Waals surface area (Å²) in [6.45, 7) is 6.03. The van der Waals surface area contributed by atoms with Gasteiger partial charge in [0.15, 0.2) is 11.5 Å². The number of aromatic nitrogens is 1. The standard InChI is InChI=1S/C15H19N3O5S/c1-10-4-9-22-13(10)15(19)17-5-7-18(8-6-17)24(20,21)14-11(2)16-23-12(14)3/h4,9H,5-8H2,1-3H3. The molecular weight excluding hydrogens is 334 g/mol. The summed E-state index contributed by atoms with van der Waals surface area (Å²) < 4.78 is 37.0. The van der Waals surface area contributed by atoms with E-state index < -0.39 is 10.0 Å². The van der Waals surface area contributed by atoms with Gasteiger partial charge in [0.05, 0.1) is 6.26 Å². The van der Waals surface area contributed by atoms with Crippen LogP contribution < -0.4 is 0 Å². The molecule has 0 N–H and O–H groups in total. The summed E-state index contributed by atoms with van der Waals surface area (Å²) in [5.41, 5.74) is 1.11. The first-order valence-corrected chi connectivity index (χ1v) is 9.02. The first kappa shape index (κ1) is 16.7. The number of piperazine rings is 1. The molecule has 24 heavy (non-hydrogen) atoms. The van der Waals surface area contributed by atoms with Gasteiger partial charge in [0.2, 0.25) is 10.0 Å².